The van der Waals surface area contributed by atoms with E-state index in [2.05, 4.69) is 31.0 Å². The Hall–Kier alpha value is -1.13. The molecular formula is C11H20N4. The van der Waals surface area contributed by atoms with Crippen molar-refractivity contribution in [3.63, 3.8) is 0 Å². The second kappa shape index (κ2) is 5.68. The van der Waals surface area contributed by atoms with E-state index >= 15 is 0 Å². The van der Waals surface area contributed by atoms with Crippen LogP contribution in [0.3, 0.4) is 0 Å². The number of rotatable bonds is 6. The van der Waals surface area contributed by atoms with Crippen molar-refractivity contribution >= 4 is 0 Å². The molecule has 0 saturated heterocycles. The number of hydrazine groups is 1. The van der Waals surface area contributed by atoms with Crippen LogP contribution in [0.5, 0.6) is 0 Å². The van der Waals surface area contributed by atoms with Gasteiger partial charge in [0.15, 0.2) is 0 Å². The van der Waals surface area contributed by atoms with Crippen LogP contribution in [0.25, 0.3) is 0 Å². The maximum Gasteiger partial charge on any atom is 0.0640 e. The molecule has 1 rings (SSSR count). The third-order valence-electron chi connectivity index (χ3n) is 2.34. The molecule has 0 amide bonds. The van der Waals surface area contributed by atoms with Crippen LogP contribution >= 0.6 is 0 Å². The molecule has 4 heteroatoms. The summed E-state index contributed by atoms with van der Waals surface area (Å²) >= 11 is 0. The summed E-state index contributed by atoms with van der Waals surface area (Å²) in [5, 5.41) is 4.47. The number of nitrogens with two attached hydrogens (primary N) is 1. The van der Waals surface area contributed by atoms with Crippen molar-refractivity contribution in [2.24, 2.45) is 5.84 Å². The molecule has 1 atom stereocenters. The highest BCUT2D eigenvalue weighted by Crippen LogP contribution is 2.07. The van der Waals surface area contributed by atoms with Gasteiger partial charge in [-0.1, -0.05) is 6.08 Å². The molecular weight excluding hydrogens is 188 g/mol. The normalized spacial score (nSPS) is 13.1. The zero-order valence-corrected chi connectivity index (χ0v) is 9.48. The van der Waals surface area contributed by atoms with E-state index in [9.17, 15) is 0 Å². The predicted molar refractivity (Wildman–Crippen MR) is 62.2 cm³/mol. The van der Waals surface area contributed by atoms with Crippen LogP contribution in [0.4, 0.5) is 0 Å². The largest absolute Gasteiger partial charge is 0.271 e. The summed E-state index contributed by atoms with van der Waals surface area (Å²) in [6, 6.07) is 2.66. The van der Waals surface area contributed by atoms with Gasteiger partial charge in [-0.15, -0.1) is 6.58 Å². The first kappa shape index (κ1) is 11.9. The third kappa shape index (κ3) is 3.49. The molecule has 1 heterocycles. The minimum Gasteiger partial charge on any atom is -0.271 e. The van der Waals surface area contributed by atoms with Crippen molar-refractivity contribution in [2.75, 3.05) is 0 Å². The SMILES string of the molecule is C=CCC(Cc1ccn(C(C)C)n1)NN. The van der Waals surface area contributed by atoms with Gasteiger partial charge in [-0.2, -0.15) is 5.10 Å². The Morgan fingerprint density at radius 3 is 2.87 bits per heavy atom. The molecule has 15 heavy (non-hydrogen) atoms. The summed E-state index contributed by atoms with van der Waals surface area (Å²) in [5.74, 6) is 5.44. The Balaban J connectivity index is 2.58. The number of aromatic nitrogens is 2. The van der Waals surface area contributed by atoms with E-state index in [1.807, 2.05) is 23.0 Å². The molecule has 84 valence electrons. The maximum absolute atomic E-state index is 5.44. The lowest BCUT2D eigenvalue weighted by Gasteiger charge is -2.11. The van der Waals surface area contributed by atoms with Gasteiger partial charge >= 0.3 is 0 Å². The lowest BCUT2D eigenvalue weighted by atomic mass is 10.1. The fourth-order valence-electron chi connectivity index (χ4n) is 1.44. The van der Waals surface area contributed by atoms with Crippen molar-refractivity contribution in [3.05, 3.63) is 30.6 Å². The highest BCUT2D eigenvalue weighted by Gasteiger charge is 2.08. The van der Waals surface area contributed by atoms with E-state index < -0.39 is 0 Å². The molecule has 0 spiro atoms. The molecule has 0 aliphatic carbocycles. The lowest BCUT2D eigenvalue weighted by molar-refractivity contribution is 0.499. The Kier molecular flexibility index (Phi) is 4.52. The first-order valence-corrected chi connectivity index (χ1v) is 5.28. The van der Waals surface area contributed by atoms with Crippen LogP contribution in [0, 0.1) is 0 Å². The lowest BCUT2D eigenvalue weighted by Crippen LogP contribution is -2.36. The molecule has 0 aliphatic heterocycles. The number of nitrogens with one attached hydrogen (secondary N) is 1. The summed E-state index contributed by atoms with van der Waals surface area (Å²) < 4.78 is 1.96. The Morgan fingerprint density at radius 2 is 2.40 bits per heavy atom. The standard InChI is InChI=1S/C11H20N4/c1-4-5-10(13-12)8-11-6-7-15(14-11)9(2)3/h4,6-7,9-10,13H,1,5,8,12H2,2-3H3. The maximum atomic E-state index is 5.44. The van der Waals surface area contributed by atoms with Gasteiger partial charge in [0.1, 0.15) is 0 Å². The molecule has 0 aromatic carbocycles. The molecule has 1 aromatic heterocycles. The summed E-state index contributed by atoms with van der Waals surface area (Å²) in [6.45, 7) is 7.92. The van der Waals surface area contributed by atoms with Crippen LogP contribution in [-0.2, 0) is 6.42 Å². The number of nitrogens with zero attached hydrogens (tertiary/aromatic N) is 2. The molecule has 0 radical (unpaired) electrons. The zero-order chi connectivity index (χ0) is 11.3. The number of hydrogen-bond donors (Lipinski definition) is 2. The van der Waals surface area contributed by atoms with E-state index in [1.165, 1.54) is 0 Å². The average Bonchev–Trinajstić information content (AvgIpc) is 2.65. The van der Waals surface area contributed by atoms with Gasteiger partial charge in [-0.25, -0.2) is 0 Å². The minimum atomic E-state index is 0.220. The Bertz CT molecular complexity index is 303. The molecule has 0 bridgehead atoms. The first-order valence-electron chi connectivity index (χ1n) is 5.28. The second-order valence-corrected chi connectivity index (χ2v) is 3.97. The van der Waals surface area contributed by atoms with Gasteiger partial charge in [0.25, 0.3) is 0 Å². The van der Waals surface area contributed by atoms with E-state index in [-0.39, 0.29) is 6.04 Å². The summed E-state index contributed by atoms with van der Waals surface area (Å²) in [7, 11) is 0. The predicted octanol–water partition coefficient (Wildman–Crippen LogP) is 1.41. The Morgan fingerprint density at radius 1 is 1.67 bits per heavy atom. The molecule has 4 nitrogen and oxygen atoms in total. The molecule has 1 unspecified atom stereocenters. The fourth-order valence-corrected chi connectivity index (χ4v) is 1.44. The monoisotopic (exact) mass is 208 g/mol. The zero-order valence-electron chi connectivity index (χ0n) is 9.48. The van der Waals surface area contributed by atoms with Crippen LogP contribution in [0.1, 0.15) is 32.0 Å². The van der Waals surface area contributed by atoms with Crippen LogP contribution in [-0.4, -0.2) is 15.8 Å². The van der Waals surface area contributed by atoms with Crippen molar-refractivity contribution in [3.8, 4) is 0 Å². The summed E-state index contributed by atoms with van der Waals surface area (Å²) in [4.78, 5) is 0. The summed E-state index contributed by atoms with van der Waals surface area (Å²) in [5.41, 5.74) is 3.83. The molecule has 3 N–H and O–H groups in total. The minimum absolute atomic E-state index is 0.220. The van der Waals surface area contributed by atoms with Gasteiger partial charge in [-0.3, -0.25) is 16.0 Å². The van der Waals surface area contributed by atoms with Gasteiger partial charge < -0.3 is 0 Å². The molecule has 0 saturated carbocycles. The van der Waals surface area contributed by atoms with E-state index in [1.54, 1.807) is 0 Å². The van der Waals surface area contributed by atoms with Gasteiger partial charge in [-0.05, 0) is 26.3 Å². The van der Waals surface area contributed by atoms with Gasteiger partial charge in [0, 0.05) is 24.7 Å². The van der Waals surface area contributed by atoms with Crippen LogP contribution in [0.15, 0.2) is 24.9 Å². The molecule has 1 aromatic rings. The van der Waals surface area contributed by atoms with Gasteiger partial charge in [0.2, 0.25) is 0 Å². The third-order valence-corrected chi connectivity index (χ3v) is 2.34. The van der Waals surface area contributed by atoms with Crippen molar-refractivity contribution in [1.29, 1.82) is 0 Å². The fraction of sp³-hybridized carbons (Fsp3) is 0.545. The first-order chi connectivity index (χ1) is 7.17. The Labute approximate surface area is 91.1 Å². The van der Waals surface area contributed by atoms with E-state index in [0.717, 1.165) is 18.5 Å². The average molecular weight is 208 g/mol. The highest BCUT2D eigenvalue weighted by molar-refractivity contribution is 5.02. The highest BCUT2D eigenvalue weighted by atomic mass is 15.3. The quantitative estimate of drug-likeness (QED) is 0.422. The van der Waals surface area contributed by atoms with E-state index in [0.29, 0.717) is 6.04 Å². The molecule has 0 aliphatic rings. The van der Waals surface area contributed by atoms with Crippen molar-refractivity contribution < 1.29 is 0 Å². The smallest absolute Gasteiger partial charge is 0.0640 e. The second-order valence-electron chi connectivity index (χ2n) is 3.97. The van der Waals surface area contributed by atoms with Crippen molar-refractivity contribution in [2.45, 2.75) is 38.8 Å². The van der Waals surface area contributed by atoms with Gasteiger partial charge in [0.05, 0.1) is 5.69 Å². The van der Waals surface area contributed by atoms with E-state index in [4.69, 9.17) is 5.84 Å². The molecule has 0 fully saturated rings. The van der Waals surface area contributed by atoms with Crippen LogP contribution < -0.4 is 11.3 Å². The van der Waals surface area contributed by atoms with Crippen LogP contribution in [0.2, 0.25) is 0 Å². The summed E-state index contributed by atoms with van der Waals surface area (Å²) in [6.07, 6.45) is 5.55. The van der Waals surface area contributed by atoms with Crippen molar-refractivity contribution in [1.82, 2.24) is 15.2 Å². The number of hydrogen-bond acceptors (Lipinski definition) is 3. The topological polar surface area (TPSA) is 55.9 Å².